The van der Waals surface area contributed by atoms with Crippen molar-refractivity contribution in [3.63, 3.8) is 0 Å². The molecule has 140 valence electrons. The molecule has 1 fully saturated rings. The fourth-order valence-corrected chi connectivity index (χ4v) is 2.96. The second kappa shape index (κ2) is 7.97. The van der Waals surface area contributed by atoms with Gasteiger partial charge in [-0.3, -0.25) is 14.3 Å². The minimum atomic E-state index is -1.36. The number of carbonyl (C=O) groups excluding carboxylic acids is 2. The number of nitrogens with zero attached hydrogens (tertiary/aromatic N) is 3. The molecule has 2 heterocycles. The first-order valence-electron chi connectivity index (χ1n) is 8.55. The van der Waals surface area contributed by atoms with Crippen LogP contribution in [0.5, 0.6) is 0 Å². The summed E-state index contributed by atoms with van der Waals surface area (Å²) in [6, 6.07) is 0. The van der Waals surface area contributed by atoms with Crippen LogP contribution in [-0.2, 0) is 20.9 Å². The van der Waals surface area contributed by atoms with Gasteiger partial charge in [-0.05, 0) is 26.3 Å². The Labute approximate surface area is 148 Å². The Kier molecular flexibility index (Phi) is 6.18. The first kappa shape index (κ1) is 19.4. The first-order valence-corrected chi connectivity index (χ1v) is 8.55. The van der Waals surface area contributed by atoms with Crippen molar-refractivity contribution in [3.05, 3.63) is 17.0 Å². The number of aliphatic hydroxyl groups is 1. The number of aromatic nitrogens is 2. The van der Waals surface area contributed by atoms with Gasteiger partial charge in [0.25, 0.3) is 0 Å². The Morgan fingerprint density at radius 1 is 1.36 bits per heavy atom. The zero-order valence-electron chi connectivity index (χ0n) is 15.5. The zero-order valence-corrected chi connectivity index (χ0v) is 15.5. The molecule has 2 N–H and O–H groups in total. The van der Waals surface area contributed by atoms with E-state index in [-0.39, 0.29) is 31.4 Å². The highest BCUT2D eigenvalue weighted by Crippen LogP contribution is 2.17. The van der Waals surface area contributed by atoms with Crippen molar-refractivity contribution in [3.8, 4) is 0 Å². The van der Waals surface area contributed by atoms with Crippen molar-refractivity contribution in [2.24, 2.45) is 0 Å². The van der Waals surface area contributed by atoms with Crippen LogP contribution in [0.1, 0.15) is 30.3 Å². The Balaban J connectivity index is 1.86. The molecule has 0 unspecified atom stereocenters. The van der Waals surface area contributed by atoms with Gasteiger partial charge in [0.2, 0.25) is 11.8 Å². The van der Waals surface area contributed by atoms with Crippen LogP contribution in [0.2, 0.25) is 0 Å². The number of ether oxygens (including phenoxy) is 1. The predicted octanol–water partition coefficient (Wildman–Crippen LogP) is -0.0755. The van der Waals surface area contributed by atoms with E-state index in [0.29, 0.717) is 26.2 Å². The monoisotopic (exact) mass is 352 g/mol. The van der Waals surface area contributed by atoms with Crippen LogP contribution < -0.4 is 5.32 Å². The fourth-order valence-electron chi connectivity index (χ4n) is 2.96. The van der Waals surface area contributed by atoms with Crippen molar-refractivity contribution in [1.82, 2.24) is 20.0 Å². The lowest BCUT2D eigenvalue weighted by molar-refractivity contribution is -0.136. The average molecular weight is 352 g/mol. The third-order valence-electron chi connectivity index (χ3n) is 4.69. The van der Waals surface area contributed by atoms with Gasteiger partial charge in [0, 0.05) is 25.7 Å². The van der Waals surface area contributed by atoms with E-state index in [4.69, 9.17) is 4.74 Å². The molecule has 1 aliphatic heterocycles. The maximum absolute atomic E-state index is 12.2. The van der Waals surface area contributed by atoms with Gasteiger partial charge in [0.15, 0.2) is 0 Å². The number of rotatable bonds is 5. The number of hydrogen-bond acceptors (Lipinski definition) is 5. The molecule has 2 rings (SSSR count). The van der Waals surface area contributed by atoms with Crippen LogP contribution >= 0.6 is 0 Å². The van der Waals surface area contributed by atoms with Gasteiger partial charge in [-0.15, -0.1) is 0 Å². The van der Waals surface area contributed by atoms with Gasteiger partial charge in [-0.1, -0.05) is 0 Å². The molecule has 1 aliphatic rings. The summed E-state index contributed by atoms with van der Waals surface area (Å²) >= 11 is 0. The zero-order chi connectivity index (χ0) is 18.6. The van der Waals surface area contributed by atoms with Crippen LogP contribution in [0, 0.1) is 20.8 Å². The lowest BCUT2D eigenvalue weighted by Crippen LogP contribution is -2.49. The van der Waals surface area contributed by atoms with Crippen molar-refractivity contribution < 1.29 is 19.4 Å². The van der Waals surface area contributed by atoms with E-state index in [2.05, 4.69) is 10.4 Å². The summed E-state index contributed by atoms with van der Waals surface area (Å²) in [4.78, 5) is 25.3. The van der Waals surface area contributed by atoms with E-state index in [1.165, 1.54) is 11.8 Å². The van der Waals surface area contributed by atoms with Crippen LogP contribution in [-0.4, -0.2) is 70.1 Å². The molecule has 2 amide bonds. The molecule has 8 nitrogen and oxygen atoms in total. The number of hydrogen-bond donors (Lipinski definition) is 2. The summed E-state index contributed by atoms with van der Waals surface area (Å²) < 4.78 is 7.23. The highest BCUT2D eigenvalue weighted by molar-refractivity contribution is 5.77. The molecule has 1 aromatic rings. The smallest absolute Gasteiger partial charge is 0.223 e. The molecule has 0 aromatic carbocycles. The van der Waals surface area contributed by atoms with Crippen molar-refractivity contribution in [1.29, 1.82) is 0 Å². The molecule has 0 spiro atoms. The maximum Gasteiger partial charge on any atom is 0.223 e. The second-order valence-corrected chi connectivity index (χ2v) is 6.76. The van der Waals surface area contributed by atoms with Crippen LogP contribution in [0.25, 0.3) is 0 Å². The van der Waals surface area contributed by atoms with Gasteiger partial charge < -0.3 is 20.1 Å². The van der Waals surface area contributed by atoms with Crippen LogP contribution in [0.3, 0.4) is 0 Å². The van der Waals surface area contributed by atoms with Gasteiger partial charge in [0.1, 0.15) is 5.60 Å². The highest BCUT2D eigenvalue weighted by atomic mass is 16.5. The minimum Gasteiger partial charge on any atom is -0.385 e. The van der Waals surface area contributed by atoms with Gasteiger partial charge >= 0.3 is 0 Å². The summed E-state index contributed by atoms with van der Waals surface area (Å²) in [5.41, 5.74) is 1.86. The fraction of sp³-hybridized carbons (Fsp3) is 0.706. The molecule has 0 radical (unpaired) electrons. The Morgan fingerprint density at radius 3 is 2.68 bits per heavy atom. The Hall–Kier alpha value is -1.93. The molecule has 1 aromatic heterocycles. The molecule has 0 aliphatic carbocycles. The highest BCUT2D eigenvalue weighted by Gasteiger charge is 2.35. The maximum atomic E-state index is 12.2. The van der Waals surface area contributed by atoms with Gasteiger partial charge in [-0.25, -0.2) is 0 Å². The molecule has 0 saturated carbocycles. The Bertz CT molecular complexity index is 643. The quantitative estimate of drug-likeness (QED) is 0.773. The largest absolute Gasteiger partial charge is 0.385 e. The van der Waals surface area contributed by atoms with E-state index >= 15 is 0 Å². The molecule has 0 bridgehead atoms. The number of nitrogens with one attached hydrogen (secondary N) is 1. The lowest BCUT2D eigenvalue weighted by Gasteiger charge is -2.29. The molecule has 8 heteroatoms. The standard InChI is InChI=1S/C17H28N4O4/c1-12-13(2)19-21(14(12)3)6-5-18-16(23)9-17(24)10-20(15(4)22)7-8-25-11-17/h24H,5-11H2,1-4H3,(H,18,23)/t17-/m0/s1. The molecular weight excluding hydrogens is 324 g/mol. The lowest BCUT2D eigenvalue weighted by atomic mass is 9.99. The number of carbonyl (C=O) groups is 2. The normalized spacial score (nSPS) is 21.1. The summed E-state index contributed by atoms with van der Waals surface area (Å²) in [6.07, 6.45) is -0.104. The number of amides is 2. The third-order valence-corrected chi connectivity index (χ3v) is 4.69. The minimum absolute atomic E-state index is 0.0425. The van der Waals surface area contributed by atoms with E-state index in [0.717, 1.165) is 17.0 Å². The summed E-state index contributed by atoms with van der Waals surface area (Å²) in [5, 5.41) is 17.9. The van der Waals surface area contributed by atoms with Gasteiger partial charge in [0.05, 0.1) is 38.4 Å². The summed E-state index contributed by atoms with van der Waals surface area (Å²) in [5.74, 6) is -0.404. The van der Waals surface area contributed by atoms with E-state index in [1.807, 2.05) is 25.5 Å². The third kappa shape index (κ3) is 5.02. The van der Waals surface area contributed by atoms with Crippen LogP contribution in [0.4, 0.5) is 0 Å². The number of β-amino-alcohol motifs (C(OH)–C–C–N with tert-alkyl or cyclic N) is 1. The van der Waals surface area contributed by atoms with Crippen molar-refractivity contribution >= 4 is 11.8 Å². The summed E-state index contributed by atoms with van der Waals surface area (Å²) in [6.45, 7) is 9.36. The summed E-state index contributed by atoms with van der Waals surface area (Å²) in [7, 11) is 0. The van der Waals surface area contributed by atoms with E-state index in [1.54, 1.807) is 0 Å². The van der Waals surface area contributed by atoms with E-state index in [9.17, 15) is 14.7 Å². The molecule has 25 heavy (non-hydrogen) atoms. The van der Waals surface area contributed by atoms with Gasteiger partial charge in [-0.2, -0.15) is 5.10 Å². The van der Waals surface area contributed by atoms with Crippen molar-refractivity contribution in [2.45, 2.75) is 46.3 Å². The average Bonchev–Trinajstić information content (AvgIpc) is 2.70. The molecule has 1 saturated heterocycles. The second-order valence-electron chi connectivity index (χ2n) is 6.76. The number of aryl methyl sites for hydroxylation is 1. The van der Waals surface area contributed by atoms with Crippen molar-refractivity contribution in [2.75, 3.05) is 32.8 Å². The first-order chi connectivity index (χ1) is 11.7. The molecule has 1 atom stereocenters. The predicted molar refractivity (Wildman–Crippen MR) is 92.1 cm³/mol. The SMILES string of the molecule is CC(=O)N1CCOC[C@](O)(CC(=O)NCCn2nc(C)c(C)c2C)C1. The van der Waals surface area contributed by atoms with Crippen LogP contribution in [0.15, 0.2) is 0 Å². The van der Waals surface area contributed by atoms with E-state index < -0.39 is 5.60 Å². The molecular formula is C17H28N4O4. The topological polar surface area (TPSA) is 96.7 Å². The Morgan fingerprint density at radius 2 is 2.08 bits per heavy atom.